The fraction of sp³-hybridized carbons (Fsp3) is 0.811. The van der Waals surface area contributed by atoms with Crippen LogP contribution in [0.5, 0.6) is 5.75 Å². The fourth-order valence-electron chi connectivity index (χ4n) is 6.43. The molecule has 1 amide bonds. The van der Waals surface area contributed by atoms with Gasteiger partial charge in [0.25, 0.3) is 0 Å². The molecule has 3 heterocycles. The molecular formula is C37H63N3O8. The number of ketones is 1. The van der Waals surface area contributed by atoms with Gasteiger partial charge in [-0.3, -0.25) is 19.4 Å². The zero-order chi connectivity index (χ0) is 35.8. The van der Waals surface area contributed by atoms with E-state index < -0.39 is 36.1 Å². The van der Waals surface area contributed by atoms with Crippen LogP contribution in [-0.4, -0.2) is 102 Å². The average Bonchev–Trinajstić information content (AvgIpc) is 3.75. The molecular weight excluding hydrogens is 614 g/mol. The Kier molecular flexibility index (Phi) is 15.3. The first-order valence-electron chi connectivity index (χ1n) is 18.0. The van der Waals surface area contributed by atoms with Crippen LogP contribution in [0, 0.1) is 29.6 Å². The number of aliphatic hydroxyl groups is 2. The number of epoxide rings is 1. The molecule has 2 aliphatic rings. The number of carbonyl (C=O) groups excluding carboxylic acids is 2. The van der Waals surface area contributed by atoms with Crippen LogP contribution in [0.3, 0.4) is 0 Å². The molecule has 274 valence electrons. The summed E-state index contributed by atoms with van der Waals surface area (Å²) in [6, 6.07) is 1.78. The molecule has 11 nitrogen and oxygen atoms in total. The van der Waals surface area contributed by atoms with Crippen LogP contribution in [0.1, 0.15) is 100.0 Å². The van der Waals surface area contributed by atoms with Gasteiger partial charge in [-0.2, -0.15) is 0 Å². The Balaban J connectivity index is 1.97. The number of aromatic nitrogens is 1. The largest absolute Gasteiger partial charge is 0.493 e. The molecule has 3 unspecified atom stereocenters. The molecule has 0 spiro atoms. The molecule has 1 aromatic rings. The second-order valence-corrected chi connectivity index (χ2v) is 15.6. The van der Waals surface area contributed by atoms with E-state index in [1.54, 1.807) is 17.2 Å². The standard InChI is InChI=1S/C37H63N3O8/c1-11-45-22-26(15-23(2)3)16-30(42)28-20-39(35-36(47-35)48-37(8,9)10)21-29(33(28)43)34(44)40(19-24(4)5)32-17-31(46-14-12-13-41)27(18-38-32)25(6)7/h17-18,23-26,28-29,33,35-36,41,43H,11-16,19-22H2,1-10H3/t26?,28-,29-,33+,35?,36?/m0/s1. The third kappa shape index (κ3) is 11.7. The van der Waals surface area contributed by atoms with Crippen molar-refractivity contribution in [3.05, 3.63) is 17.8 Å². The van der Waals surface area contributed by atoms with Crippen molar-refractivity contribution in [3.8, 4) is 5.75 Å². The van der Waals surface area contributed by atoms with Gasteiger partial charge >= 0.3 is 0 Å². The Hall–Kier alpha value is -2.15. The van der Waals surface area contributed by atoms with Gasteiger partial charge in [0.05, 0.1) is 30.1 Å². The Morgan fingerprint density at radius 2 is 1.79 bits per heavy atom. The minimum Gasteiger partial charge on any atom is -0.493 e. The highest BCUT2D eigenvalue weighted by Gasteiger charge is 2.53. The van der Waals surface area contributed by atoms with Crippen molar-refractivity contribution in [2.45, 2.75) is 119 Å². The summed E-state index contributed by atoms with van der Waals surface area (Å²) in [5.41, 5.74) is 0.475. The van der Waals surface area contributed by atoms with Gasteiger partial charge in [-0.05, 0) is 57.8 Å². The summed E-state index contributed by atoms with van der Waals surface area (Å²) < 4.78 is 23.8. The maximum atomic E-state index is 14.6. The zero-order valence-corrected chi connectivity index (χ0v) is 31.1. The monoisotopic (exact) mass is 677 g/mol. The van der Waals surface area contributed by atoms with E-state index in [0.29, 0.717) is 50.3 Å². The molecule has 0 bridgehead atoms. The van der Waals surface area contributed by atoms with E-state index in [-0.39, 0.29) is 55.6 Å². The molecule has 3 rings (SSSR count). The number of nitrogens with zero attached hydrogens (tertiary/aromatic N) is 3. The van der Waals surface area contributed by atoms with E-state index in [1.807, 2.05) is 60.3 Å². The molecule has 11 heteroatoms. The van der Waals surface area contributed by atoms with Crippen molar-refractivity contribution in [2.75, 3.05) is 51.0 Å². The van der Waals surface area contributed by atoms with Crippen LogP contribution in [-0.2, 0) is 23.8 Å². The quantitative estimate of drug-likeness (QED) is 0.152. The van der Waals surface area contributed by atoms with E-state index >= 15 is 0 Å². The van der Waals surface area contributed by atoms with E-state index in [2.05, 4.69) is 13.8 Å². The fourth-order valence-corrected chi connectivity index (χ4v) is 6.43. The van der Waals surface area contributed by atoms with Crippen molar-refractivity contribution in [3.63, 3.8) is 0 Å². The molecule has 2 fully saturated rings. The van der Waals surface area contributed by atoms with Gasteiger partial charge in [-0.25, -0.2) is 4.98 Å². The second kappa shape index (κ2) is 18.2. The van der Waals surface area contributed by atoms with E-state index in [4.69, 9.17) is 23.9 Å². The first-order chi connectivity index (χ1) is 22.6. The normalized spacial score (nSPS) is 23.9. The first-order valence-corrected chi connectivity index (χ1v) is 18.0. The van der Waals surface area contributed by atoms with Gasteiger partial charge in [0.1, 0.15) is 17.4 Å². The van der Waals surface area contributed by atoms with Crippen molar-refractivity contribution in [1.82, 2.24) is 9.88 Å². The number of ether oxygens (including phenoxy) is 4. The van der Waals surface area contributed by atoms with Crippen LogP contribution < -0.4 is 9.64 Å². The van der Waals surface area contributed by atoms with Crippen LogP contribution in [0.4, 0.5) is 5.82 Å². The number of pyridine rings is 1. The Labute approximate surface area is 288 Å². The minimum absolute atomic E-state index is 0.0130. The van der Waals surface area contributed by atoms with Gasteiger partial charge in [-0.15, -0.1) is 0 Å². The summed E-state index contributed by atoms with van der Waals surface area (Å²) in [6.07, 6.45) is 1.25. The lowest BCUT2D eigenvalue weighted by Crippen LogP contribution is -2.58. The number of likely N-dealkylation sites (tertiary alicyclic amines) is 1. The average molecular weight is 678 g/mol. The van der Waals surface area contributed by atoms with Crippen LogP contribution in [0.15, 0.2) is 12.3 Å². The molecule has 2 N–H and O–H groups in total. The predicted molar refractivity (Wildman–Crippen MR) is 186 cm³/mol. The lowest BCUT2D eigenvalue weighted by atomic mass is 9.79. The SMILES string of the molecule is CCOCC(CC(=O)[C@@H]1CN(C2OC2OC(C)(C)C)C[C@H](C(=O)N(CC(C)C)c2cc(OCCCO)c(C(C)C)cn2)[C@@H]1O)CC(C)C. The summed E-state index contributed by atoms with van der Waals surface area (Å²) >= 11 is 0. The van der Waals surface area contributed by atoms with Gasteiger partial charge in [0.2, 0.25) is 5.91 Å². The summed E-state index contributed by atoms with van der Waals surface area (Å²) in [5.74, 6) is -0.367. The minimum atomic E-state index is -1.18. The summed E-state index contributed by atoms with van der Waals surface area (Å²) in [5, 5.41) is 21.2. The van der Waals surface area contributed by atoms with E-state index in [9.17, 15) is 19.8 Å². The van der Waals surface area contributed by atoms with Crippen molar-refractivity contribution in [2.24, 2.45) is 29.6 Å². The molecule has 0 aromatic carbocycles. The molecule has 48 heavy (non-hydrogen) atoms. The summed E-state index contributed by atoms with van der Waals surface area (Å²) in [4.78, 5) is 37.0. The highest BCUT2D eigenvalue weighted by Crippen LogP contribution is 2.38. The van der Waals surface area contributed by atoms with E-state index in [0.717, 1.165) is 12.0 Å². The smallest absolute Gasteiger partial charge is 0.235 e. The number of piperidine rings is 1. The third-order valence-corrected chi connectivity index (χ3v) is 8.68. The Morgan fingerprint density at radius 3 is 2.38 bits per heavy atom. The van der Waals surface area contributed by atoms with Gasteiger partial charge in [-0.1, -0.05) is 41.5 Å². The lowest BCUT2D eigenvalue weighted by Gasteiger charge is -2.41. The van der Waals surface area contributed by atoms with Crippen LogP contribution >= 0.6 is 0 Å². The van der Waals surface area contributed by atoms with Crippen LogP contribution in [0.25, 0.3) is 0 Å². The molecule has 2 aliphatic heterocycles. The zero-order valence-electron chi connectivity index (χ0n) is 31.1. The molecule has 6 atom stereocenters. The molecule has 0 saturated carbocycles. The number of rotatable bonds is 19. The maximum absolute atomic E-state index is 14.6. The first kappa shape index (κ1) is 40.3. The predicted octanol–water partition coefficient (Wildman–Crippen LogP) is 5.02. The number of carbonyl (C=O) groups is 2. The van der Waals surface area contributed by atoms with Crippen LogP contribution in [0.2, 0.25) is 0 Å². The number of aliphatic hydroxyl groups excluding tert-OH is 2. The number of hydrogen-bond acceptors (Lipinski definition) is 10. The Morgan fingerprint density at radius 1 is 1.10 bits per heavy atom. The maximum Gasteiger partial charge on any atom is 0.235 e. The summed E-state index contributed by atoms with van der Waals surface area (Å²) in [6.45, 7) is 22.5. The highest BCUT2D eigenvalue weighted by atomic mass is 16.8. The summed E-state index contributed by atoms with van der Waals surface area (Å²) in [7, 11) is 0. The van der Waals surface area contributed by atoms with Gasteiger partial charge < -0.3 is 29.2 Å². The Bertz CT molecular complexity index is 1170. The number of Topliss-reactive ketones (excluding diaryl/α,β-unsaturated/α-hetero) is 1. The molecule has 0 radical (unpaired) electrons. The number of hydrogen-bond donors (Lipinski definition) is 2. The molecule has 1 aromatic heterocycles. The molecule has 2 saturated heterocycles. The topological polar surface area (TPSA) is 134 Å². The lowest BCUT2D eigenvalue weighted by molar-refractivity contribution is -0.142. The number of anilines is 1. The van der Waals surface area contributed by atoms with Gasteiger partial charge in [0.15, 0.2) is 12.5 Å². The van der Waals surface area contributed by atoms with Gasteiger partial charge in [0, 0.05) is 70.1 Å². The van der Waals surface area contributed by atoms with E-state index in [1.165, 1.54) is 0 Å². The van der Waals surface area contributed by atoms with Crippen molar-refractivity contribution < 1.29 is 38.7 Å². The number of amides is 1. The second-order valence-electron chi connectivity index (χ2n) is 15.6. The highest BCUT2D eigenvalue weighted by molar-refractivity contribution is 5.96. The third-order valence-electron chi connectivity index (χ3n) is 8.68. The van der Waals surface area contributed by atoms with Crippen molar-refractivity contribution in [1.29, 1.82) is 0 Å². The molecule has 0 aliphatic carbocycles. The van der Waals surface area contributed by atoms with Crippen molar-refractivity contribution >= 4 is 17.5 Å².